The highest BCUT2D eigenvalue weighted by atomic mass is 32.1. The lowest BCUT2D eigenvalue weighted by molar-refractivity contribution is 0.563. The Morgan fingerprint density at radius 2 is 1.74 bits per heavy atom. The maximum absolute atomic E-state index is 12.9. The molecule has 4 nitrogen and oxygen atoms in total. The van der Waals surface area contributed by atoms with Gasteiger partial charge in [0.2, 0.25) is 0 Å². The van der Waals surface area contributed by atoms with E-state index in [0.717, 1.165) is 41.8 Å². The van der Waals surface area contributed by atoms with Crippen LogP contribution in [-0.4, -0.2) is 18.1 Å². The van der Waals surface area contributed by atoms with Gasteiger partial charge in [0.1, 0.15) is 10.6 Å². The van der Waals surface area contributed by atoms with Gasteiger partial charge in [0.15, 0.2) is 0 Å². The summed E-state index contributed by atoms with van der Waals surface area (Å²) in [5.74, 6) is 0. The van der Waals surface area contributed by atoms with Gasteiger partial charge in [0, 0.05) is 41.2 Å². The number of thiazole rings is 1. The van der Waals surface area contributed by atoms with Crippen molar-refractivity contribution in [1.29, 1.82) is 0 Å². The molecule has 0 saturated heterocycles. The van der Waals surface area contributed by atoms with Crippen LogP contribution in [0.4, 0.5) is 5.69 Å². The first-order chi connectivity index (χ1) is 16.6. The highest BCUT2D eigenvalue weighted by molar-refractivity contribution is 7.13. The van der Waals surface area contributed by atoms with Gasteiger partial charge in [0.05, 0.1) is 11.3 Å². The number of rotatable bonds is 5. The molecule has 2 aromatic heterocycles. The zero-order valence-electron chi connectivity index (χ0n) is 19.2. The molecule has 0 bridgehead atoms. The Morgan fingerprint density at radius 1 is 0.912 bits per heavy atom. The van der Waals surface area contributed by atoms with Crippen molar-refractivity contribution in [3.63, 3.8) is 0 Å². The molecule has 0 unspecified atom stereocenters. The second kappa shape index (κ2) is 8.26. The first kappa shape index (κ1) is 20.9. The summed E-state index contributed by atoms with van der Waals surface area (Å²) in [5.41, 5.74) is 9.08. The number of benzene rings is 3. The summed E-state index contributed by atoms with van der Waals surface area (Å²) in [5, 5.41) is 3.60. The molecule has 0 aliphatic heterocycles. The van der Waals surface area contributed by atoms with Gasteiger partial charge in [-0.05, 0) is 66.8 Å². The minimum absolute atomic E-state index is 0.352. The lowest BCUT2D eigenvalue weighted by atomic mass is 10.0. The van der Waals surface area contributed by atoms with Crippen molar-refractivity contribution < 1.29 is 4.42 Å². The minimum atomic E-state index is -0.352. The van der Waals surface area contributed by atoms with Gasteiger partial charge in [-0.2, -0.15) is 0 Å². The molecule has 2 heterocycles. The molecule has 34 heavy (non-hydrogen) atoms. The number of hydrogen-bond donors (Lipinski definition) is 0. The van der Waals surface area contributed by atoms with E-state index in [0.29, 0.717) is 16.2 Å². The van der Waals surface area contributed by atoms with Gasteiger partial charge in [0.25, 0.3) is 0 Å². The first-order valence-electron chi connectivity index (χ1n) is 11.6. The van der Waals surface area contributed by atoms with Gasteiger partial charge < -0.3 is 9.32 Å². The van der Waals surface area contributed by atoms with Gasteiger partial charge in [-0.15, -0.1) is 11.3 Å². The summed E-state index contributed by atoms with van der Waals surface area (Å²) in [6.45, 7) is 6.04. The number of hydrogen-bond acceptors (Lipinski definition) is 5. The van der Waals surface area contributed by atoms with Crippen LogP contribution in [0.25, 0.3) is 43.9 Å². The molecule has 0 radical (unpaired) electrons. The fraction of sp³-hybridized carbons (Fsp3) is 0.172. The summed E-state index contributed by atoms with van der Waals surface area (Å²) in [7, 11) is 0. The summed E-state index contributed by atoms with van der Waals surface area (Å²) in [6.07, 6.45) is 0.945. The largest absolute Gasteiger partial charge is 0.422 e. The molecular weight excluding hydrogens is 440 g/mol. The van der Waals surface area contributed by atoms with Crippen LogP contribution in [0.3, 0.4) is 0 Å². The molecule has 5 aromatic rings. The molecule has 0 atom stereocenters. The van der Waals surface area contributed by atoms with E-state index in [2.05, 4.69) is 67.3 Å². The molecule has 0 amide bonds. The van der Waals surface area contributed by atoms with Crippen molar-refractivity contribution in [1.82, 2.24) is 4.98 Å². The number of nitrogens with zero attached hydrogens (tertiary/aromatic N) is 2. The maximum Gasteiger partial charge on any atom is 0.346 e. The van der Waals surface area contributed by atoms with E-state index >= 15 is 0 Å². The quantitative estimate of drug-likeness (QED) is 0.258. The number of anilines is 1. The van der Waals surface area contributed by atoms with E-state index in [4.69, 9.17) is 9.40 Å². The van der Waals surface area contributed by atoms with E-state index in [-0.39, 0.29) is 5.63 Å². The van der Waals surface area contributed by atoms with Crippen molar-refractivity contribution in [3.05, 3.63) is 93.7 Å². The normalized spacial score (nSPS) is 12.1. The first-order valence-corrected chi connectivity index (χ1v) is 12.5. The van der Waals surface area contributed by atoms with E-state index in [1.807, 2.05) is 23.6 Å². The summed E-state index contributed by atoms with van der Waals surface area (Å²) < 4.78 is 5.72. The smallest absolute Gasteiger partial charge is 0.346 e. The van der Waals surface area contributed by atoms with Crippen molar-refractivity contribution in [3.8, 4) is 33.0 Å². The Bertz CT molecular complexity index is 1590. The van der Waals surface area contributed by atoms with E-state index < -0.39 is 0 Å². The zero-order valence-corrected chi connectivity index (χ0v) is 20.0. The fourth-order valence-corrected chi connectivity index (χ4v) is 5.70. The van der Waals surface area contributed by atoms with Crippen LogP contribution in [0.1, 0.15) is 25.0 Å². The van der Waals surface area contributed by atoms with E-state index in [9.17, 15) is 4.79 Å². The fourth-order valence-electron chi connectivity index (χ4n) is 4.87. The van der Waals surface area contributed by atoms with Crippen LogP contribution in [0, 0.1) is 0 Å². The molecular formula is C29H24N2O2S. The molecule has 0 fully saturated rings. The van der Waals surface area contributed by atoms with Crippen LogP contribution < -0.4 is 10.5 Å². The van der Waals surface area contributed by atoms with Crippen molar-refractivity contribution in [2.24, 2.45) is 0 Å². The van der Waals surface area contributed by atoms with Gasteiger partial charge in [-0.1, -0.05) is 36.4 Å². The van der Waals surface area contributed by atoms with Crippen molar-refractivity contribution in [2.45, 2.75) is 20.3 Å². The Hall–Kier alpha value is -3.70. The number of fused-ring (bicyclic) bond motifs is 4. The molecule has 5 heteroatoms. The molecule has 6 rings (SSSR count). The monoisotopic (exact) mass is 464 g/mol. The third-order valence-corrected chi connectivity index (χ3v) is 7.55. The Labute approximate surface area is 202 Å². The van der Waals surface area contributed by atoms with Crippen LogP contribution in [0.5, 0.6) is 0 Å². The van der Waals surface area contributed by atoms with E-state index in [1.165, 1.54) is 33.6 Å². The molecule has 1 aliphatic rings. The van der Waals surface area contributed by atoms with Gasteiger partial charge >= 0.3 is 5.63 Å². The SMILES string of the molecule is CCN(CC)c1ccc2cc(-c3nc(-c4ccc5c(c4)Cc4ccccc4-5)cs3)c(=O)oc2c1. The maximum atomic E-state index is 12.9. The van der Waals surface area contributed by atoms with Crippen molar-refractivity contribution >= 4 is 28.0 Å². The topological polar surface area (TPSA) is 46.3 Å². The molecule has 0 saturated carbocycles. The van der Waals surface area contributed by atoms with Crippen LogP contribution in [0.15, 0.2) is 81.3 Å². The lowest BCUT2D eigenvalue weighted by Crippen LogP contribution is -2.21. The molecule has 0 spiro atoms. The summed E-state index contributed by atoms with van der Waals surface area (Å²) in [6, 6.07) is 23.0. The van der Waals surface area contributed by atoms with Crippen LogP contribution in [-0.2, 0) is 6.42 Å². The third kappa shape index (κ3) is 3.44. The summed E-state index contributed by atoms with van der Waals surface area (Å²) in [4.78, 5) is 19.9. The Morgan fingerprint density at radius 3 is 2.59 bits per heavy atom. The second-order valence-electron chi connectivity index (χ2n) is 8.59. The van der Waals surface area contributed by atoms with Gasteiger partial charge in [-0.25, -0.2) is 9.78 Å². The second-order valence-corrected chi connectivity index (χ2v) is 9.44. The van der Waals surface area contributed by atoms with Crippen molar-refractivity contribution in [2.75, 3.05) is 18.0 Å². The standard InChI is InChI=1S/C29H24N2O2S/c1-3-31(4-2)22-11-9-20-15-25(29(32)33-27(20)16-22)28-30-26(17-34-28)19-10-12-24-21(14-19)13-18-7-5-6-8-23(18)24/h5-12,14-17H,3-4,13H2,1-2H3. The average Bonchev–Trinajstić information content (AvgIpc) is 3.49. The summed E-state index contributed by atoms with van der Waals surface area (Å²) >= 11 is 1.48. The van der Waals surface area contributed by atoms with E-state index in [1.54, 1.807) is 0 Å². The lowest BCUT2D eigenvalue weighted by Gasteiger charge is -2.20. The predicted molar refractivity (Wildman–Crippen MR) is 141 cm³/mol. The zero-order chi connectivity index (χ0) is 23.2. The minimum Gasteiger partial charge on any atom is -0.422 e. The van der Waals surface area contributed by atoms with Crippen LogP contribution >= 0.6 is 11.3 Å². The highest BCUT2D eigenvalue weighted by Crippen LogP contribution is 2.39. The Kier molecular flexibility index (Phi) is 5.07. The van der Waals surface area contributed by atoms with Crippen LogP contribution in [0.2, 0.25) is 0 Å². The number of aromatic nitrogens is 1. The molecule has 168 valence electrons. The molecule has 1 aliphatic carbocycles. The van der Waals surface area contributed by atoms with Gasteiger partial charge in [-0.3, -0.25) is 0 Å². The Balaban J connectivity index is 1.34. The third-order valence-electron chi connectivity index (χ3n) is 6.67. The average molecular weight is 465 g/mol. The molecule has 0 N–H and O–H groups in total. The molecule has 3 aromatic carbocycles. The predicted octanol–water partition coefficient (Wildman–Crippen LogP) is 7.00. The highest BCUT2D eigenvalue weighted by Gasteiger charge is 2.19.